The van der Waals surface area contributed by atoms with E-state index in [2.05, 4.69) is 4.90 Å². The average molecular weight is 234 g/mol. The molecule has 2 heteroatoms. The van der Waals surface area contributed by atoms with Crippen molar-refractivity contribution in [3.63, 3.8) is 0 Å². The van der Waals surface area contributed by atoms with Gasteiger partial charge in [0.05, 0.1) is 0 Å². The zero-order valence-electron chi connectivity index (χ0n) is 10.9. The number of rotatable bonds is 1. The van der Waals surface area contributed by atoms with E-state index in [1.807, 2.05) is 0 Å². The summed E-state index contributed by atoms with van der Waals surface area (Å²) in [6, 6.07) is 0.455. The Balaban J connectivity index is 1.59. The van der Waals surface area contributed by atoms with E-state index in [1.165, 1.54) is 45.2 Å². The summed E-state index contributed by atoms with van der Waals surface area (Å²) < 4.78 is 0. The van der Waals surface area contributed by atoms with Gasteiger partial charge in [-0.25, -0.2) is 0 Å². The fourth-order valence-corrected chi connectivity index (χ4v) is 5.89. The van der Waals surface area contributed by atoms with E-state index in [9.17, 15) is 0 Å². The van der Waals surface area contributed by atoms with Crippen molar-refractivity contribution in [1.29, 1.82) is 0 Å². The lowest BCUT2D eigenvalue weighted by Crippen LogP contribution is -2.63. The molecule has 5 fully saturated rings. The Morgan fingerprint density at radius 2 is 1.53 bits per heavy atom. The standard InChI is InChI=1S/C15H26N2/c16-14-2-1-3-17(10-14)15-7-11-4-12(8-15)6-13(5-11)9-15/h11-14H,1-10,16H2. The first-order valence-electron chi connectivity index (χ1n) is 7.74. The van der Waals surface area contributed by atoms with Crippen molar-refractivity contribution in [2.45, 2.75) is 62.9 Å². The van der Waals surface area contributed by atoms with E-state index in [0.717, 1.165) is 17.8 Å². The minimum atomic E-state index is 0.455. The molecule has 1 unspecified atom stereocenters. The van der Waals surface area contributed by atoms with Gasteiger partial charge in [-0.2, -0.15) is 0 Å². The molecular weight excluding hydrogens is 208 g/mol. The van der Waals surface area contributed by atoms with Crippen LogP contribution in [0.1, 0.15) is 51.4 Å². The molecule has 0 aromatic heterocycles. The molecule has 2 N–H and O–H groups in total. The minimum absolute atomic E-state index is 0.455. The van der Waals surface area contributed by atoms with E-state index in [0.29, 0.717) is 11.6 Å². The van der Waals surface area contributed by atoms with Crippen molar-refractivity contribution in [3.05, 3.63) is 0 Å². The van der Waals surface area contributed by atoms with Gasteiger partial charge in [0.25, 0.3) is 0 Å². The summed E-state index contributed by atoms with van der Waals surface area (Å²) in [5.74, 6) is 3.21. The van der Waals surface area contributed by atoms with Gasteiger partial charge in [-0.15, -0.1) is 0 Å². The number of nitrogens with two attached hydrogens (primary N) is 1. The van der Waals surface area contributed by atoms with E-state index >= 15 is 0 Å². The largest absolute Gasteiger partial charge is 0.327 e. The monoisotopic (exact) mass is 234 g/mol. The van der Waals surface area contributed by atoms with E-state index < -0.39 is 0 Å². The highest BCUT2D eigenvalue weighted by Crippen LogP contribution is 2.58. The Labute approximate surface area is 105 Å². The molecule has 5 rings (SSSR count). The van der Waals surface area contributed by atoms with Crippen LogP contribution in [0.15, 0.2) is 0 Å². The molecule has 0 amide bonds. The Kier molecular flexibility index (Phi) is 2.36. The lowest BCUT2D eigenvalue weighted by molar-refractivity contribution is -0.0962. The highest BCUT2D eigenvalue weighted by atomic mass is 15.2. The maximum atomic E-state index is 6.20. The lowest BCUT2D eigenvalue weighted by Gasteiger charge is -2.61. The molecule has 4 aliphatic carbocycles. The second kappa shape index (κ2) is 3.71. The third kappa shape index (κ3) is 1.67. The zero-order chi connectivity index (χ0) is 11.5. The van der Waals surface area contributed by atoms with Gasteiger partial charge in [0.15, 0.2) is 0 Å². The summed E-state index contributed by atoms with van der Waals surface area (Å²) in [6.07, 6.45) is 11.8. The zero-order valence-corrected chi connectivity index (χ0v) is 10.9. The molecule has 4 saturated carbocycles. The smallest absolute Gasteiger partial charge is 0.0218 e. The molecule has 1 saturated heterocycles. The van der Waals surface area contributed by atoms with Gasteiger partial charge < -0.3 is 5.73 Å². The van der Waals surface area contributed by atoms with Crippen molar-refractivity contribution >= 4 is 0 Å². The van der Waals surface area contributed by atoms with Crippen molar-refractivity contribution in [2.75, 3.05) is 13.1 Å². The molecule has 0 spiro atoms. The third-order valence-electron chi connectivity index (χ3n) is 6.13. The summed E-state index contributed by atoms with van der Waals surface area (Å²) in [5.41, 5.74) is 6.81. The van der Waals surface area contributed by atoms with Gasteiger partial charge in [-0.1, -0.05) is 0 Å². The van der Waals surface area contributed by atoms with Crippen LogP contribution in [0.3, 0.4) is 0 Å². The molecule has 1 atom stereocenters. The van der Waals surface area contributed by atoms with Crippen LogP contribution in [-0.2, 0) is 0 Å². The molecule has 1 heterocycles. The molecule has 5 aliphatic rings. The van der Waals surface area contributed by atoms with Crippen LogP contribution < -0.4 is 5.73 Å². The molecule has 1 aliphatic heterocycles. The molecule has 96 valence electrons. The van der Waals surface area contributed by atoms with Gasteiger partial charge in [0.1, 0.15) is 0 Å². The predicted octanol–water partition coefficient (Wildman–Crippen LogP) is 2.38. The van der Waals surface area contributed by atoms with Gasteiger partial charge in [-0.3, -0.25) is 4.90 Å². The number of hydrogen-bond donors (Lipinski definition) is 1. The van der Waals surface area contributed by atoms with Crippen LogP contribution in [0.5, 0.6) is 0 Å². The third-order valence-corrected chi connectivity index (χ3v) is 6.13. The second-order valence-corrected chi connectivity index (χ2v) is 7.49. The highest BCUT2D eigenvalue weighted by Gasteiger charge is 2.53. The second-order valence-electron chi connectivity index (χ2n) is 7.49. The molecular formula is C15H26N2. The fourth-order valence-electron chi connectivity index (χ4n) is 5.89. The molecule has 17 heavy (non-hydrogen) atoms. The van der Waals surface area contributed by atoms with Crippen molar-refractivity contribution in [3.8, 4) is 0 Å². The summed E-state index contributed by atoms with van der Waals surface area (Å²) in [4.78, 5) is 2.83. The van der Waals surface area contributed by atoms with Crippen LogP contribution in [-0.4, -0.2) is 29.6 Å². The fraction of sp³-hybridized carbons (Fsp3) is 1.00. The first-order chi connectivity index (χ1) is 8.23. The van der Waals surface area contributed by atoms with Crippen molar-refractivity contribution < 1.29 is 0 Å². The predicted molar refractivity (Wildman–Crippen MR) is 69.7 cm³/mol. The first-order valence-corrected chi connectivity index (χ1v) is 7.74. The van der Waals surface area contributed by atoms with Gasteiger partial charge in [0.2, 0.25) is 0 Å². The van der Waals surface area contributed by atoms with Crippen LogP contribution in [0, 0.1) is 17.8 Å². The molecule has 0 aromatic carbocycles. The first kappa shape index (κ1) is 10.8. The van der Waals surface area contributed by atoms with Crippen LogP contribution in [0.4, 0.5) is 0 Å². The van der Waals surface area contributed by atoms with E-state index in [1.54, 1.807) is 19.3 Å². The topological polar surface area (TPSA) is 29.3 Å². The van der Waals surface area contributed by atoms with Gasteiger partial charge in [-0.05, 0) is 75.7 Å². The molecule has 4 bridgehead atoms. The summed E-state index contributed by atoms with van der Waals surface area (Å²) in [5, 5.41) is 0. The summed E-state index contributed by atoms with van der Waals surface area (Å²) >= 11 is 0. The quantitative estimate of drug-likeness (QED) is 0.755. The number of piperidine rings is 1. The average Bonchev–Trinajstić information content (AvgIpc) is 2.27. The van der Waals surface area contributed by atoms with Crippen LogP contribution >= 0.6 is 0 Å². The highest BCUT2D eigenvalue weighted by molar-refractivity contribution is 5.08. The maximum Gasteiger partial charge on any atom is 0.0218 e. The van der Waals surface area contributed by atoms with Crippen LogP contribution in [0.25, 0.3) is 0 Å². The number of likely N-dealkylation sites (tertiary alicyclic amines) is 1. The Hall–Kier alpha value is -0.0800. The summed E-state index contributed by atoms with van der Waals surface area (Å²) in [7, 11) is 0. The Morgan fingerprint density at radius 3 is 2.06 bits per heavy atom. The minimum Gasteiger partial charge on any atom is -0.327 e. The molecule has 2 nitrogen and oxygen atoms in total. The maximum absolute atomic E-state index is 6.20. The van der Waals surface area contributed by atoms with E-state index in [4.69, 9.17) is 5.73 Å². The lowest BCUT2D eigenvalue weighted by atomic mass is 9.52. The van der Waals surface area contributed by atoms with Crippen molar-refractivity contribution in [1.82, 2.24) is 4.90 Å². The molecule has 0 aromatic rings. The Morgan fingerprint density at radius 1 is 0.941 bits per heavy atom. The SMILES string of the molecule is NC1CCCN(C23CC4CC(CC(C4)C2)C3)C1. The number of nitrogens with zero attached hydrogens (tertiary/aromatic N) is 1. The van der Waals surface area contributed by atoms with E-state index in [-0.39, 0.29) is 0 Å². The Bertz CT molecular complexity index is 277. The molecule has 0 radical (unpaired) electrons. The van der Waals surface area contributed by atoms with Gasteiger partial charge >= 0.3 is 0 Å². The van der Waals surface area contributed by atoms with Gasteiger partial charge in [0, 0.05) is 18.1 Å². The number of hydrogen-bond acceptors (Lipinski definition) is 2. The normalized spacial score (nSPS) is 54.2. The van der Waals surface area contributed by atoms with Crippen molar-refractivity contribution in [2.24, 2.45) is 23.5 Å². The summed E-state index contributed by atoms with van der Waals surface area (Å²) in [6.45, 7) is 2.52. The van der Waals surface area contributed by atoms with Crippen LogP contribution in [0.2, 0.25) is 0 Å².